The molecule has 1 aromatic rings. The van der Waals surface area contributed by atoms with E-state index >= 15 is 0 Å². The quantitative estimate of drug-likeness (QED) is 0.698. The minimum Gasteiger partial charge on any atom is -0.207 e. The van der Waals surface area contributed by atoms with Crippen LogP contribution in [0.1, 0.15) is 37.7 Å². The Morgan fingerprint density at radius 1 is 1.50 bits per heavy atom. The third kappa shape index (κ3) is 1.93. The maximum Gasteiger partial charge on any atom is 0.128 e. The molecule has 0 heterocycles. The maximum absolute atomic E-state index is 13.6. The third-order valence-electron chi connectivity index (χ3n) is 2.99. The van der Waals surface area contributed by atoms with E-state index in [4.69, 9.17) is 11.6 Å². The molecule has 76 valence electrons. The van der Waals surface area contributed by atoms with Crippen LogP contribution in [0.25, 0.3) is 0 Å². The molecule has 2 heteroatoms. The number of halogens is 2. The van der Waals surface area contributed by atoms with Gasteiger partial charge in [-0.05, 0) is 48.8 Å². The first-order valence-corrected chi connectivity index (χ1v) is 5.55. The molecule has 2 rings (SSSR count). The lowest BCUT2D eigenvalue weighted by Gasteiger charge is -2.15. The van der Waals surface area contributed by atoms with Crippen molar-refractivity contribution in [2.75, 3.05) is 0 Å². The summed E-state index contributed by atoms with van der Waals surface area (Å²) in [6, 6.07) is 5.04. The normalized spacial score (nSPS) is 18.2. The summed E-state index contributed by atoms with van der Waals surface area (Å²) >= 11 is 5.72. The van der Waals surface area contributed by atoms with Crippen LogP contribution in [0.2, 0.25) is 5.02 Å². The Bertz CT molecular complexity index is 331. The van der Waals surface area contributed by atoms with Crippen molar-refractivity contribution in [1.82, 2.24) is 0 Å². The monoisotopic (exact) mass is 212 g/mol. The molecule has 0 aliphatic heterocycles. The fourth-order valence-corrected chi connectivity index (χ4v) is 2.27. The highest BCUT2D eigenvalue weighted by Crippen LogP contribution is 2.45. The first kappa shape index (κ1) is 9.97. The van der Waals surface area contributed by atoms with Gasteiger partial charge in [0.15, 0.2) is 0 Å². The summed E-state index contributed by atoms with van der Waals surface area (Å²) in [6.45, 7) is 2.12. The van der Waals surface area contributed by atoms with Gasteiger partial charge in [-0.3, -0.25) is 0 Å². The third-order valence-corrected chi connectivity index (χ3v) is 3.23. The molecule has 0 amide bonds. The van der Waals surface area contributed by atoms with Gasteiger partial charge >= 0.3 is 0 Å². The zero-order valence-corrected chi connectivity index (χ0v) is 9.02. The van der Waals surface area contributed by atoms with E-state index in [1.807, 2.05) is 6.07 Å². The summed E-state index contributed by atoms with van der Waals surface area (Å²) in [5, 5.41) is 0.483. The Hall–Kier alpha value is -0.560. The van der Waals surface area contributed by atoms with Gasteiger partial charge in [-0.2, -0.15) is 0 Å². The predicted molar refractivity (Wildman–Crippen MR) is 57.2 cm³/mol. The summed E-state index contributed by atoms with van der Waals surface area (Å²) in [6.07, 6.45) is 3.52. The van der Waals surface area contributed by atoms with Gasteiger partial charge in [0.05, 0.1) is 0 Å². The van der Waals surface area contributed by atoms with Crippen LogP contribution in [-0.4, -0.2) is 0 Å². The Kier molecular flexibility index (Phi) is 2.78. The topological polar surface area (TPSA) is 0 Å². The molecule has 0 unspecified atom stereocenters. The molecule has 0 nitrogen and oxygen atoms in total. The van der Waals surface area contributed by atoms with Gasteiger partial charge in [-0.25, -0.2) is 4.39 Å². The van der Waals surface area contributed by atoms with Crippen LogP contribution in [0.5, 0.6) is 0 Å². The summed E-state index contributed by atoms with van der Waals surface area (Å²) in [5.41, 5.74) is 0.847. The molecular weight excluding hydrogens is 199 g/mol. The van der Waals surface area contributed by atoms with Crippen LogP contribution >= 0.6 is 11.6 Å². The highest BCUT2D eigenvalue weighted by molar-refractivity contribution is 6.30. The van der Waals surface area contributed by atoms with Crippen molar-refractivity contribution in [3.05, 3.63) is 34.6 Å². The second-order valence-electron chi connectivity index (χ2n) is 4.02. The molecule has 1 atom stereocenters. The fourth-order valence-electron chi connectivity index (χ4n) is 2.11. The average Bonchev–Trinajstić information content (AvgIpc) is 2.93. The smallest absolute Gasteiger partial charge is 0.128 e. The maximum atomic E-state index is 13.6. The van der Waals surface area contributed by atoms with Gasteiger partial charge in [0.2, 0.25) is 0 Å². The van der Waals surface area contributed by atoms with Crippen LogP contribution in [-0.2, 0) is 0 Å². The van der Waals surface area contributed by atoms with Crippen molar-refractivity contribution >= 4 is 11.6 Å². The number of hydrogen-bond acceptors (Lipinski definition) is 0. The first-order chi connectivity index (χ1) is 6.72. The number of rotatable bonds is 3. The van der Waals surface area contributed by atoms with Gasteiger partial charge < -0.3 is 0 Å². The van der Waals surface area contributed by atoms with E-state index in [0.717, 1.165) is 12.0 Å². The van der Waals surface area contributed by atoms with Gasteiger partial charge in [0, 0.05) is 5.02 Å². The minimum atomic E-state index is -0.142. The van der Waals surface area contributed by atoms with E-state index in [2.05, 4.69) is 6.92 Å². The van der Waals surface area contributed by atoms with Crippen LogP contribution in [0.15, 0.2) is 18.2 Å². The molecule has 0 bridgehead atoms. The molecule has 0 saturated heterocycles. The van der Waals surface area contributed by atoms with Crippen LogP contribution in [0.4, 0.5) is 4.39 Å². The highest BCUT2D eigenvalue weighted by atomic mass is 35.5. The van der Waals surface area contributed by atoms with Gasteiger partial charge in [0.1, 0.15) is 5.82 Å². The lowest BCUT2D eigenvalue weighted by atomic mass is 9.91. The van der Waals surface area contributed by atoms with E-state index in [1.54, 1.807) is 6.07 Å². The van der Waals surface area contributed by atoms with Crippen molar-refractivity contribution in [2.45, 2.75) is 32.1 Å². The second-order valence-corrected chi connectivity index (χ2v) is 4.45. The van der Waals surface area contributed by atoms with Crippen LogP contribution < -0.4 is 0 Å². The lowest BCUT2D eigenvalue weighted by Crippen LogP contribution is -2.02. The van der Waals surface area contributed by atoms with Gasteiger partial charge in [0.25, 0.3) is 0 Å². The molecule has 1 saturated carbocycles. The van der Waals surface area contributed by atoms with E-state index in [1.165, 1.54) is 18.9 Å². The Labute approximate surface area is 89.1 Å². The van der Waals surface area contributed by atoms with E-state index in [-0.39, 0.29) is 5.82 Å². The highest BCUT2D eigenvalue weighted by Gasteiger charge is 2.32. The molecule has 0 aromatic heterocycles. The summed E-state index contributed by atoms with van der Waals surface area (Å²) in [4.78, 5) is 0. The Morgan fingerprint density at radius 3 is 2.71 bits per heavy atom. The second kappa shape index (κ2) is 3.90. The molecule has 0 spiro atoms. The van der Waals surface area contributed by atoms with E-state index in [0.29, 0.717) is 16.9 Å². The lowest BCUT2D eigenvalue weighted by molar-refractivity contribution is 0.531. The average molecular weight is 213 g/mol. The summed E-state index contributed by atoms with van der Waals surface area (Å²) < 4.78 is 13.6. The summed E-state index contributed by atoms with van der Waals surface area (Å²) in [5.74, 6) is 0.958. The molecule has 1 fully saturated rings. The molecule has 14 heavy (non-hydrogen) atoms. The molecule has 1 aromatic carbocycles. The zero-order chi connectivity index (χ0) is 10.1. The molecule has 1 aliphatic carbocycles. The largest absolute Gasteiger partial charge is 0.207 e. The van der Waals surface area contributed by atoms with Gasteiger partial charge in [-0.15, -0.1) is 0 Å². The molecule has 0 N–H and O–H groups in total. The zero-order valence-electron chi connectivity index (χ0n) is 8.26. The van der Waals surface area contributed by atoms with Crippen molar-refractivity contribution in [1.29, 1.82) is 0 Å². The van der Waals surface area contributed by atoms with Gasteiger partial charge in [-0.1, -0.05) is 24.6 Å². The fraction of sp³-hybridized carbons (Fsp3) is 0.500. The Morgan fingerprint density at radius 2 is 2.21 bits per heavy atom. The van der Waals surface area contributed by atoms with Crippen molar-refractivity contribution in [3.8, 4) is 0 Å². The first-order valence-electron chi connectivity index (χ1n) is 5.17. The van der Waals surface area contributed by atoms with Crippen molar-refractivity contribution in [2.24, 2.45) is 5.92 Å². The molecule has 0 radical (unpaired) electrons. The van der Waals surface area contributed by atoms with E-state index in [9.17, 15) is 4.39 Å². The van der Waals surface area contributed by atoms with E-state index < -0.39 is 0 Å². The van der Waals surface area contributed by atoms with Crippen molar-refractivity contribution in [3.63, 3.8) is 0 Å². The minimum absolute atomic E-state index is 0.142. The predicted octanol–water partition coefficient (Wildman–Crippen LogP) is 4.38. The summed E-state index contributed by atoms with van der Waals surface area (Å²) in [7, 11) is 0. The van der Waals surface area contributed by atoms with Crippen LogP contribution in [0.3, 0.4) is 0 Å². The number of benzene rings is 1. The number of hydrogen-bond donors (Lipinski definition) is 0. The molecule has 1 aliphatic rings. The molecular formula is C12H14ClF. The van der Waals surface area contributed by atoms with Crippen LogP contribution in [0, 0.1) is 11.7 Å². The SMILES string of the molecule is CC[C@@H](c1ccc(Cl)cc1F)C1CC1. The Balaban J connectivity index is 2.29. The van der Waals surface area contributed by atoms with Crippen molar-refractivity contribution < 1.29 is 4.39 Å². The standard InChI is InChI=1S/C12H14ClF/c1-2-10(8-3-4-8)11-6-5-9(13)7-12(11)14/h5-8,10H,2-4H2,1H3/t10-/m1/s1.